The van der Waals surface area contributed by atoms with Crippen molar-refractivity contribution >= 4 is 23.2 Å². The Morgan fingerprint density at radius 2 is 2.12 bits per heavy atom. The maximum Gasteiger partial charge on any atom is 0.127 e. The monoisotopic (exact) mass is 265 g/mol. The van der Waals surface area contributed by atoms with E-state index < -0.39 is 0 Å². The summed E-state index contributed by atoms with van der Waals surface area (Å²) >= 11 is 11.2. The number of halogens is 3. The van der Waals surface area contributed by atoms with Crippen molar-refractivity contribution in [1.29, 1.82) is 0 Å². The first-order chi connectivity index (χ1) is 7.74. The van der Waals surface area contributed by atoms with E-state index in [1.54, 1.807) is 6.07 Å². The molecule has 0 atom stereocenters. The molecule has 0 bridgehead atoms. The van der Waals surface area contributed by atoms with Gasteiger partial charge in [-0.3, -0.25) is 0 Å². The standard InChI is InChI=1S/C11H14Cl2FNO/c12-3-5-16-6-4-15-8-9-7-10(13)1-2-11(9)14/h1-2,7,15H,3-6,8H2. The lowest BCUT2D eigenvalue weighted by molar-refractivity contribution is 0.150. The van der Waals surface area contributed by atoms with Crippen LogP contribution in [0.5, 0.6) is 0 Å². The Labute approximate surface area is 105 Å². The molecule has 0 saturated carbocycles. The minimum atomic E-state index is -0.251. The van der Waals surface area contributed by atoms with Gasteiger partial charge in [-0.15, -0.1) is 11.6 Å². The van der Waals surface area contributed by atoms with Crippen molar-refractivity contribution < 1.29 is 9.13 Å². The molecule has 0 fully saturated rings. The maximum absolute atomic E-state index is 13.3. The minimum absolute atomic E-state index is 0.251. The van der Waals surface area contributed by atoms with Gasteiger partial charge < -0.3 is 10.1 Å². The molecule has 2 nitrogen and oxygen atoms in total. The van der Waals surface area contributed by atoms with Crippen molar-refractivity contribution in [3.8, 4) is 0 Å². The van der Waals surface area contributed by atoms with Gasteiger partial charge in [-0.05, 0) is 18.2 Å². The van der Waals surface area contributed by atoms with Gasteiger partial charge in [0.2, 0.25) is 0 Å². The molecule has 0 aliphatic heterocycles. The smallest absolute Gasteiger partial charge is 0.127 e. The number of ether oxygens (including phenoxy) is 1. The van der Waals surface area contributed by atoms with Crippen LogP contribution in [0.4, 0.5) is 4.39 Å². The molecule has 1 aromatic carbocycles. The van der Waals surface area contributed by atoms with Crippen molar-refractivity contribution in [2.75, 3.05) is 25.6 Å². The summed E-state index contributed by atoms with van der Waals surface area (Å²) in [5.74, 6) is 0.238. The van der Waals surface area contributed by atoms with Gasteiger partial charge in [0.05, 0.1) is 13.2 Å². The lowest BCUT2D eigenvalue weighted by Gasteiger charge is -2.06. The molecule has 0 aliphatic rings. The van der Waals surface area contributed by atoms with Gasteiger partial charge in [0.15, 0.2) is 0 Å². The van der Waals surface area contributed by atoms with E-state index in [0.717, 1.165) is 0 Å². The normalized spacial score (nSPS) is 10.7. The Bertz CT molecular complexity index is 323. The third-order valence-electron chi connectivity index (χ3n) is 1.97. The van der Waals surface area contributed by atoms with E-state index in [-0.39, 0.29) is 5.82 Å². The summed E-state index contributed by atoms with van der Waals surface area (Å²) in [4.78, 5) is 0. The average Bonchev–Trinajstić information content (AvgIpc) is 2.28. The zero-order chi connectivity index (χ0) is 11.8. The second-order valence-corrected chi connectivity index (χ2v) is 4.03. The molecular formula is C11H14Cl2FNO. The lowest BCUT2D eigenvalue weighted by atomic mass is 10.2. The predicted molar refractivity (Wildman–Crippen MR) is 64.7 cm³/mol. The topological polar surface area (TPSA) is 21.3 Å². The molecule has 0 saturated heterocycles. The van der Waals surface area contributed by atoms with E-state index in [2.05, 4.69) is 5.32 Å². The molecular weight excluding hydrogens is 252 g/mol. The van der Waals surface area contributed by atoms with Crippen LogP contribution in [0.25, 0.3) is 0 Å². The van der Waals surface area contributed by atoms with Gasteiger partial charge in [-0.25, -0.2) is 4.39 Å². The van der Waals surface area contributed by atoms with Crippen LogP contribution in [0.15, 0.2) is 18.2 Å². The Morgan fingerprint density at radius 1 is 1.31 bits per heavy atom. The quantitative estimate of drug-likeness (QED) is 0.605. The molecule has 0 unspecified atom stereocenters. The van der Waals surface area contributed by atoms with Crippen LogP contribution in [-0.2, 0) is 11.3 Å². The number of alkyl halides is 1. The summed E-state index contributed by atoms with van der Waals surface area (Å²) in [6, 6.07) is 4.51. The molecule has 0 spiro atoms. The molecule has 0 heterocycles. The Morgan fingerprint density at radius 3 is 2.88 bits per heavy atom. The van der Waals surface area contributed by atoms with Crippen LogP contribution < -0.4 is 5.32 Å². The van der Waals surface area contributed by atoms with E-state index in [1.807, 2.05) is 0 Å². The summed E-state index contributed by atoms with van der Waals surface area (Å²) in [5.41, 5.74) is 0.560. The highest BCUT2D eigenvalue weighted by Crippen LogP contribution is 2.14. The van der Waals surface area contributed by atoms with Crippen LogP contribution in [0.2, 0.25) is 5.02 Å². The van der Waals surface area contributed by atoms with Crippen LogP contribution in [-0.4, -0.2) is 25.6 Å². The third kappa shape index (κ3) is 5.12. The van der Waals surface area contributed by atoms with Crippen LogP contribution in [0.1, 0.15) is 5.56 Å². The molecule has 0 radical (unpaired) electrons. The van der Waals surface area contributed by atoms with Crippen molar-refractivity contribution in [3.05, 3.63) is 34.6 Å². The van der Waals surface area contributed by atoms with Crippen LogP contribution in [0, 0.1) is 5.82 Å². The SMILES string of the molecule is Fc1ccc(Cl)cc1CNCCOCCCl. The highest BCUT2D eigenvalue weighted by atomic mass is 35.5. The number of hydrogen-bond donors (Lipinski definition) is 1. The first kappa shape index (κ1) is 13.7. The van der Waals surface area contributed by atoms with Gasteiger partial charge in [-0.1, -0.05) is 11.6 Å². The van der Waals surface area contributed by atoms with Gasteiger partial charge >= 0.3 is 0 Å². The molecule has 0 aromatic heterocycles. The molecule has 1 rings (SSSR count). The van der Waals surface area contributed by atoms with Gasteiger partial charge in [0.1, 0.15) is 5.82 Å². The van der Waals surface area contributed by atoms with Gasteiger partial charge in [-0.2, -0.15) is 0 Å². The van der Waals surface area contributed by atoms with Crippen LogP contribution in [0.3, 0.4) is 0 Å². The predicted octanol–water partition coefficient (Wildman–Crippen LogP) is 2.82. The highest BCUT2D eigenvalue weighted by molar-refractivity contribution is 6.30. The fraction of sp³-hybridized carbons (Fsp3) is 0.455. The average molecular weight is 266 g/mol. The van der Waals surface area contributed by atoms with Crippen LogP contribution >= 0.6 is 23.2 Å². The number of nitrogens with one attached hydrogen (secondary N) is 1. The zero-order valence-corrected chi connectivity index (χ0v) is 10.3. The largest absolute Gasteiger partial charge is 0.379 e. The summed E-state index contributed by atoms with van der Waals surface area (Å²) in [5, 5.41) is 3.60. The Kier molecular flexibility index (Phi) is 6.73. The fourth-order valence-corrected chi connectivity index (χ4v) is 1.51. The summed E-state index contributed by atoms with van der Waals surface area (Å²) in [6.07, 6.45) is 0. The minimum Gasteiger partial charge on any atom is -0.379 e. The van der Waals surface area contributed by atoms with Crippen molar-refractivity contribution in [1.82, 2.24) is 5.32 Å². The summed E-state index contributed by atoms with van der Waals surface area (Å²) in [7, 11) is 0. The molecule has 1 N–H and O–H groups in total. The molecule has 0 amide bonds. The second kappa shape index (κ2) is 7.85. The van der Waals surface area contributed by atoms with E-state index in [1.165, 1.54) is 12.1 Å². The molecule has 90 valence electrons. The molecule has 5 heteroatoms. The summed E-state index contributed by atoms with van der Waals surface area (Å²) < 4.78 is 18.4. The van der Waals surface area contributed by atoms with Crippen molar-refractivity contribution in [2.24, 2.45) is 0 Å². The van der Waals surface area contributed by atoms with E-state index in [4.69, 9.17) is 27.9 Å². The van der Waals surface area contributed by atoms with Gasteiger partial charge in [0.25, 0.3) is 0 Å². The molecule has 0 aliphatic carbocycles. The maximum atomic E-state index is 13.3. The first-order valence-electron chi connectivity index (χ1n) is 5.02. The van der Waals surface area contributed by atoms with Crippen molar-refractivity contribution in [2.45, 2.75) is 6.54 Å². The third-order valence-corrected chi connectivity index (χ3v) is 2.36. The number of hydrogen-bond acceptors (Lipinski definition) is 2. The fourth-order valence-electron chi connectivity index (χ4n) is 1.20. The van der Waals surface area contributed by atoms with Crippen molar-refractivity contribution in [3.63, 3.8) is 0 Å². The zero-order valence-electron chi connectivity index (χ0n) is 8.81. The molecule has 1 aromatic rings. The van der Waals surface area contributed by atoms with Gasteiger partial charge in [0, 0.05) is 29.6 Å². The first-order valence-corrected chi connectivity index (χ1v) is 5.93. The number of benzene rings is 1. The van der Waals surface area contributed by atoms with E-state index >= 15 is 0 Å². The second-order valence-electron chi connectivity index (χ2n) is 3.21. The lowest BCUT2D eigenvalue weighted by Crippen LogP contribution is -2.20. The Balaban J connectivity index is 2.23. The Hall–Kier alpha value is -0.350. The highest BCUT2D eigenvalue weighted by Gasteiger charge is 2.01. The van der Waals surface area contributed by atoms with E-state index in [0.29, 0.717) is 42.8 Å². The van der Waals surface area contributed by atoms with E-state index in [9.17, 15) is 4.39 Å². The molecule has 16 heavy (non-hydrogen) atoms. The summed E-state index contributed by atoms with van der Waals surface area (Å²) in [6.45, 7) is 2.20. The number of rotatable bonds is 7.